The van der Waals surface area contributed by atoms with Crippen LogP contribution in [0.1, 0.15) is 25.0 Å². The van der Waals surface area contributed by atoms with E-state index in [4.69, 9.17) is 0 Å². The van der Waals surface area contributed by atoms with Gasteiger partial charge in [-0.05, 0) is 19.4 Å². The molecule has 4 nitrogen and oxygen atoms in total. The predicted molar refractivity (Wildman–Crippen MR) is 50.3 cm³/mol. The highest BCUT2D eigenvalue weighted by atomic mass is 15.3. The molecule has 2 rings (SSSR count). The van der Waals surface area contributed by atoms with Crippen LogP contribution in [0.3, 0.4) is 0 Å². The maximum atomic E-state index is 4.18. The molecule has 1 aromatic heterocycles. The predicted octanol–water partition coefficient (Wildman–Crippen LogP) is 0.580. The number of aromatic nitrogens is 3. The average Bonchev–Trinajstić information content (AvgIpc) is 2.49. The van der Waals surface area contributed by atoms with Crippen LogP contribution in [0.5, 0.6) is 0 Å². The summed E-state index contributed by atoms with van der Waals surface area (Å²) in [6, 6.07) is 0. The van der Waals surface area contributed by atoms with Crippen LogP contribution >= 0.6 is 0 Å². The first kappa shape index (κ1) is 8.69. The fraction of sp³-hybridized carbons (Fsp3) is 0.778. The van der Waals surface area contributed by atoms with Crippen LogP contribution < -0.4 is 5.32 Å². The van der Waals surface area contributed by atoms with Gasteiger partial charge in [0.25, 0.3) is 0 Å². The lowest BCUT2D eigenvalue weighted by Gasteiger charge is -2.20. The molecule has 0 radical (unpaired) electrons. The maximum Gasteiger partial charge on any atom is 0.147 e. The number of fused-ring (bicyclic) bond motifs is 1. The van der Waals surface area contributed by atoms with E-state index < -0.39 is 0 Å². The molecular formula is C9H16N4. The van der Waals surface area contributed by atoms with E-state index in [0.29, 0.717) is 0 Å². The Bertz CT molecular complexity index is 292. The highest BCUT2D eigenvalue weighted by Gasteiger charge is 2.19. The summed E-state index contributed by atoms with van der Waals surface area (Å²) in [5, 5.41) is 11.5. The minimum atomic E-state index is 0.763. The SMILES string of the molecule is CNCc1nnc2n1CC(C)CC2. The Balaban J connectivity index is 2.25. The van der Waals surface area contributed by atoms with E-state index in [1.165, 1.54) is 6.42 Å². The fourth-order valence-corrected chi connectivity index (χ4v) is 1.84. The second-order valence-electron chi connectivity index (χ2n) is 3.82. The highest BCUT2D eigenvalue weighted by molar-refractivity contribution is 4.99. The van der Waals surface area contributed by atoms with E-state index in [1.807, 2.05) is 7.05 Å². The van der Waals surface area contributed by atoms with Crippen LogP contribution in [0.4, 0.5) is 0 Å². The van der Waals surface area contributed by atoms with Crippen molar-refractivity contribution in [2.24, 2.45) is 5.92 Å². The normalized spacial score (nSPS) is 21.5. The zero-order valence-corrected chi connectivity index (χ0v) is 8.25. The van der Waals surface area contributed by atoms with Gasteiger partial charge < -0.3 is 9.88 Å². The molecule has 0 spiro atoms. The minimum absolute atomic E-state index is 0.763. The molecule has 2 heterocycles. The first-order valence-electron chi connectivity index (χ1n) is 4.87. The monoisotopic (exact) mass is 180 g/mol. The molecule has 0 saturated heterocycles. The van der Waals surface area contributed by atoms with Crippen molar-refractivity contribution in [3.05, 3.63) is 11.6 Å². The molecule has 1 aromatic rings. The third-order valence-corrected chi connectivity index (χ3v) is 2.59. The van der Waals surface area contributed by atoms with E-state index >= 15 is 0 Å². The average molecular weight is 180 g/mol. The van der Waals surface area contributed by atoms with Crippen LogP contribution in [-0.4, -0.2) is 21.8 Å². The van der Waals surface area contributed by atoms with Crippen molar-refractivity contribution in [1.82, 2.24) is 20.1 Å². The lowest BCUT2D eigenvalue weighted by molar-refractivity contribution is 0.384. The van der Waals surface area contributed by atoms with Gasteiger partial charge in [0.1, 0.15) is 11.6 Å². The summed E-state index contributed by atoms with van der Waals surface area (Å²) in [7, 11) is 1.94. The van der Waals surface area contributed by atoms with Crippen molar-refractivity contribution in [2.75, 3.05) is 7.05 Å². The van der Waals surface area contributed by atoms with Crippen molar-refractivity contribution >= 4 is 0 Å². The van der Waals surface area contributed by atoms with Crippen molar-refractivity contribution in [2.45, 2.75) is 32.9 Å². The van der Waals surface area contributed by atoms with E-state index in [0.717, 1.165) is 37.1 Å². The molecule has 0 amide bonds. The third-order valence-electron chi connectivity index (χ3n) is 2.59. The summed E-state index contributed by atoms with van der Waals surface area (Å²) in [6.45, 7) is 4.19. The number of aryl methyl sites for hydroxylation is 1. The van der Waals surface area contributed by atoms with Crippen molar-refractivity contribution in [3.63, 3.8) is 0 Å². The Labute approximate surface area is 78.4 Å². The van der Waals surface area contributed by atoms with Gasteiger partial charge in [0.15, 0.2) is 0 Å². The molecular weight excluding hydrogens is 164 g/mol. The van der Waals surface area contributed by atoms with Crippen LogP contribution in [0.2, 0.25) is 0 Å². The quantitative estimate of drug-likeness (QED) is 0.724. The summed E-state index contributed by atoms with van der Waals surface area (Å²) in [4.78, 5) is 0. The van der Waals surface area contributed by atoms with Gasteiger partial charge in [0.05, 0.1) is 6.54 Å². The lowest BCUT2D eigenvalue weighted by atomic mass is 10.0. The second kappa shape index (κ2) is 3.46. The number of nitrogens with zero attached hydrogens (tertiary/aromatic N) is 3. The number of hydrogen-bond acceptors (Lipinski definition) is 3. The Kier molecular flexibility index (Phi) is 2.31. The van der Waals surface area contributed by atoms with Crippen LogP contribution in [0.15, 0.2) is 0 Å². The Hall–Kier alpha value is -0.900. The van der Waals surface area contributed by atoms with Crippen molar-refractivity contribution in [1.29, 1.82) is 0 Å². The molecule has 13 heavy (non-hydrogen) atoms. The molecule has 72 valence electrons. The zero-order chi connectivity index (χ0) is 9.26. The van der Waals surface area contributed by atoms with E-state index in [1.54, 1.807) is 0 Å². The molecule has 0 bridgehead atoms. The molecule has 1 N–H and O–H groups in total. The second-order valence-corrected chi connectivity index (χ2v) is 3.82. The van der Waals surface area contributed by atoms with Crippen LogP contribution in [-0.2, 0) is 19.5 Å². The van der Waals surface area contributed by atoms with Crippen molar-refractivity contribution in [3.8, 4) is 0 Å². The molecule has 1 unspecified atom stereocenters. The molecule has 0 saturated carbocycles. The van der Waals surface area contributed by atoms with Gasteiger partial charge in [0.2, 0.25) is 0 Å². The summed E-state index contributed by atoms with van der Waals surface area (Å²) >= 11 is 0. The number of nitrogens with one attached hydrogen (secondary N) is 1. The maximum absolute atomic E-state index is 4.18. The highest BCUT2D eigenvalue weighted by Crippen LogP contribution is 2.18. The van der Waals surface area contributed by atoms with Gasteiger partial charge in [-0.3, -0.25) is 0 Å². The van der Waals surface area contributed by atoms with Gasteiger partial charge in [-0.1, -0.05) is 6.92 Å². The molecule has 1 atom stereocenters. The van der Waals surface area contributed by atoms with E-state index in [-0.39, 0.29) is 0 Å². The zero-order valence-electron chi connectivity index (χ0n) is 8.25. The summed E-state index contributed by atoms with van der Waals surface area (Å²) in [6.07, 6.45) is 2.33. The summed E-state index contributed by atoms with van der Waals surface area (Å²) in [5.41, 5.74) is 0. The molecule has 1 aliphatic rings. The number of rotatable bonds is 2. The fourth-order valence-electron chi connectivity index (χ4n) is 1.84. The standard InChI is InChI=1S/C9H16N4/c1-7-3-4-8-11-12-9(5-10-2)13(8)6-7/h7,10H,3-6H2,1-2H3. The summed E-state index contributed by atoms with van der Waals surface area (Å²) in [5.74, 6) is 2.99. The van der Waals surface area contributed by atoms with Gasteiger partial charge in [0, 0.05) is 13.0 Å². The van der Waals surface area contributed by atoms with Gasteiger partial charge in [-0.25, -0.2) is 0 Å². The smallest absolute Gasteiger partial charge is 0.147 e. The first-order valence-corrected chi connectivity index (χ1v) is 4.87. The largest absolute Gasteiger partial charge is 0.314 e. The van der Waals surface area contributed by atoms with Crippen LogP contribution in [0, 0.1) is 5.92 Å². The minimum Gasteiger partial charge on any atom is -0.314 e. The third kappa shape index (κ3) is 1.58. The van der Waals surface area contributed by atoms with Crippen molar-refractivity contribution < 1.29 is 0 Å². The molecule has 4 heteroatoms. The van der Waals surface area contributed by atoms with Gasteiger partial charge >= 0.3 is 0 Å². The molecule has 1 aliphatic heterocycles. The topological polar surface area (TPSA) is 42.7 Å². The molecule has 0 fully saturated rings. The van der Waals surface area contributed by atoms with Gasteiger partial charge in [-0.2, -0.15) is 0 Å². The summed E-state index contributed by atoms with van der Waals surface area (Å²) < 4.78 is 2.25. The first-order chi connectivity index (χ1) is 6.31. The molecule has 0 aromatic carbocycles. The number of hydrogen-bond donors (Lipinski definition) is 1. The Morgan fingerprint density at radius 1 is 1.54 bits per heavy atom. The van der Waals surface area contributed by atoms with Gasteiger partial charge in [-0.15, -0.1) is 10.2 Å². The Morgan fingerprint density at radius 3 is 3.15 bits per heavy atom. The van der Waals surface area contributed by atoms with Crippen LogP contribution in [0.25, 0.3) is 0 Å². The van der Waals surface area contributed by atoms with E-state index in [2.05, 4.69) is 27.0 Å². The van der Waals surface area contributed by atoms with E-state index in [9.17, 15) is 0 Å². The lowest BCUT2D eigenvalue weighted by Crippen LogP contribution is -2.21. The molecule has 0 aliphatic carbocycles. The Morgan fingerprint density at radius 2 is 2.38 bits per heavy atom.